The third kappa shape index (κ3) is 11.0. The molecule has 0 saturated carbocycles. The van der Waals surface area contributed by atoms with Crippen LogP contribution in [0, 0.1) is 11.8 Å². The quantitative estimate of drug-likeness (QED) is 0.325. The minimum absolute atomic E-state index is 0.998. The molecule has 0 aromatic carbocycles. The molecule has 72 valence electrons. The fourth-order valence-corrected chi connectivity index (χ4v) is 0.993. The van der Waals surface area contributed by atoms with E-state index in [2.05, 4.69) is 43.1 Å². The lowest BCUT2D eigenvalue weighted by molar-refractivity contribution is 1.01. The zero-order valence-corrected chi connectivity index (χ0v) is 8.84. The van der Waals surface area contributed by atoms with Crippen molar-refractivity contribution in [2.24, 2.45) is 0 Å². The second-order valence-corrected chi connectivity index (χ2v) is 2.89. The minimum atomic E-state index is 0.998. The molecule has 0 atom stereocenters. The number of allylic oxidation sites excluding steroid dienone is 4. The lowest BCUT2D eigenvalue weighted by Crippen LogP contribution is -1.67. The van der Waals surface area contributed by atoms with Crippen molar-refractivity contribution in [3.05, 3.63) is 24.3 Å². The van der Waals surface area contributed by atoms with E-state index in [-0.39, 0.29) is 0 Å². The van der Waals surface area contributed by atoms with Crippen LogP contribution in [0.25, 0.3) is 0 Å². The predicted octanol–water partition coefficient (Wildman–Crippen LogP) is 4.09. The molecule has 0 aliphatic heterocycles. The molecule has 0 aromatic heterocycles. The van der Waals surface area contributed by atoms with E-state index in [1.165, 1.54) is 6.42 Å². The van der Waals surface area contributed by atoms with Crippen LogP contribution in [-0.2, 0) is 0 Å². The summed E-state index contributed by atoms with van der Waals surface area (Å²) in [5.41, 5.74) is 0. The van der Waals surface area contributed by atoms with Crippen LogP contribution < -0.4 is 0 Å². The van der Waals surface area contributed by atoms with Crippen LogP contribution in [0.15, 0.2) is 24.3 Å². The Hall–Kier alpha value is -0.960. The van der Waals surface area contributed by atoms with Crippen molar-refractivity contribution in [2.75, 3.05) is 0 Å². The molecule has 0 fully saturated rings. The Morgan fingerprint density at radius 1 is 0.923 bits per heavy atom. The molecule has 0 nitrogen and oxygen atoms in total. The predicted molar refractivity (Wildman–Crippen MR) is 60.5 cm³/mol. The van der Waals surface area contributed by atoms with Gasteiger partial charge in [0.15, 0.2) is 0 Å². The van der Waals surface area contributed by atoms with Crippen LogP contribution in [0.2, 0.25) is 0 Å². The highest BCUT2D eigenvalue weighted by Gasteiger charge is 1.77. The van der Waals surface area contributed by atoms with E-state index < -0.39 is 0 Å². The number of hydrogen-bond donors (Lipinski definition) is 0. The van der Waals surface area contributed by atoms with E-state index in [0.717, 1.165) is 25.7 Å². The van der Waals surface area contributed by atoms with Gasteiger partial charge in [-0.1, -0.05) is 31.2 Å². The topological polar surface area (TPSA) is 0 Å². The molecule has 0 spiro atoms. The van der Waals surface area contributed by atoms with Crippen molar-refractivity contribution >= 4 is 0 Å². The van der Waals surface area contributed by atoms with Gasteiger partial charge in [-0.2, -0.15) is 0 Å². The molecule has 0 aliphatic rings. The summed E-state index contributed by atoms with van der Waals surface area (Å²) in [6.45, 7) is 4.05. The van der Waals surface area contributed by atoms with Crippen molar-refractivity contribution in [3.63, 3.8) is 0 Å². The standard InChI is InChI=1S/C13H20/c1-3-5-7-9-11-13-12-10-8-6-4-2/h5,7,12-13H,3,8-11H2,1-2H3. The summed E-state index contributed by atoms with van der Waals surface area (Å²) in [4.78, 5) is 0. The van der Waals surface area contributed by atoms with Crippen molar-refractivity contribution < 1.29 is 0 Å². The van der Waals surface area contributed by atoms with Crippen molar-refractivity contribution in [1.29, 1.82) is 0 Å². The summed E-state index contributed by atoms with van der Waals surface area (Å²) in [5, 5.41) is 0. The van der Waals surface area contributed by atoms with Crippen molar-refractivity contribution in [1.82, 2.24) is 0 Å². The van der Waals surface area contributed by atoms with E-state index in [4.69, 9.17) is 0 Å². The van der Waals surface area contributed by atoms with Gasteiger partial charge in [-0.15, -0.1) is 11.8 Å². The number of unbranched alkanes of at least 4 members (excludes halogenated alkanes) is 2. The van der Waals surface area contributed by atoms with Crippen LogP contribution in [0.3, 0.4) is 0 Å². The summed E-state index contributed by atoms with van der Waals surface area (Å²) in [6.07, 6.45) is 14.5. The molecule has 0 heterocycles. The molecule has 13 heavy (non-hydrogen) atoms. The van der Waals surface area contributed by atoms with Gasteiger partial charge in [-0.05, 0) is 32.6 Å². The van der Waals surface area contributed by atoms with Crippen LogP contribution in [0.4, 0.5) is 0 Å². The van der Waals surface area contributed by atoms with Gasteiger partial charge < -0.3 is 0 Å². The first-order chi connectivity index (χ1) is 6.41. The molecule has 0 saturated heterocycles. The fourth-order valence-electron chi connectivity index (χ4n) is 0.993. The van der Waals surface area contributed by atoms with Gasteiger partial charge in [-0.25, -0.2) is 0 Å². The zero-order valence-electron chi connectivity index (χ0n) is 8.84. The largest absolute Gasteiger partial charge is 0.107 e. The van der Waals surface area contributed by atoms with Gasteiger partial charge in [0.1, 0.15) is 0 Å². The molecule has 0 unspecified atom stereocenters. The summed E-state index contributed by atoms with van der Waals surface area (Å²) in [7, 11) is 0. The Kier molecular flexibility index (Phi) is 10.2. The zero-order chi connectivity index (χ0) is 9.78. The third-order valence-corrected chi connectivity index (χ3v) is 1.68. The molecule has 0 heteroatoms. The third-order valence-electron chi connectivity index (χ3n) is 1.68. The van der Waals surface area contributed by atoms with Gasteiger partial charge in [0.2, 0.25) is 0 Å². The molecule has 0 aliphatic carbocycles. The van der Waals surface area contributed by atoms with Crippen molar-refractivity contribution in [2.45, 2.75) is 46.0 Å². The van der Waals surface area contributed by atoms with Crippen LogP contribution >= 0.6 is 0 Å². The van der Waals surface area contributed by atoms with Gasteiger partial charge >= 0.3 is 0 Å². The maximum absolute atomic E-state index is 3.04. The SMILES string of the molecule is CC#CCCC=CCCC=CCC. The highest BCUT2D eigenvalue weighted by atomic mass is 13.8. The highest BCUT2D eigenvalue weighted by molar-refractivity contribution is 4.97. The Morgan fingerprint density at radius 3 is 2.15 bits per heavy atom. The molecule has 0 radical (unpaired) electrons. The van der Waals surface area contributed by atoms with Crippen molar-refractivity contribution in [3.8, 4) is 11.8 Å². The second kappa shape index (κ2) is 11.0. The van der Waals surface area contributed by atoms with Crippen LogP contribution in [0.1, 0.15) is 46.0 Å². The molecule has 0 bridgehead atoms. The Labute approximate surface area is 82.7 Å². The maximum atomic E-state index is 3.04. The van der Waals surface area contributed by atoms with E-state index in [9.17, 15) is 0 Å². The first-order valence-corrected chi connectivity index (χ1v) is 5.11. The van der Waals surface area contributed by atoms with Gasteiger partial charge in [0.25, 0.3) is 0 Å². The maximum Gasteiger partial charge on any atom is 0.0123 e. The van der Waals surface area contributed by atoms with Gasteiger partial charge in [-0.3, -0.25) is 0 Å². The second-order valence-electron chi connectivity index (χ2n) is 2.89. The van der Waals surface area contributed by atoms with Crippen LogP contribution in [-0.4, -0.2) is 0 Å². The smallest absolute Gasteiger partial charge is 0.0123 e. The fraction of sp³-hybridized carbons (Fsp3) is 0.538. The lowest BCUT2D eigenvalue weighted by Gasteiger charge is -1.86. The number of hydrogen-bond acceptors (Lipinski definition) is 0. The molecule has 0 aromatic rings. The normalized spacial score (nSPS) is 10.6. The van der Waals surface area contributed by atoms with Gasteiger partial charge in [0.05, 0.1) is 0 Å². The first-order valence-electron chi connectivity index (χ1n) is 5.11. The molecular formula is C13H20. The van der Waals surface area contributed by atoms with E-state index in [1.807, 2.05) is 6.92 Å². The van der Waals surface area contributed by atoms with Crippen LogP contribution in [0.5, 0.6) is 0 Å². The average Bonchev–Trinajstić information content (AvgIpc) is 2.16. The molecule has 0 N–H and O–H groups in total. The summed E-state index contributed by atoms with van der Waals surface area (Å²) in [5.74, 6) is 5.94. The first kappa shape index (κ1) is 12.0. The Bertz CT molecular complexity index is 198. The summed E-state index contributed by atoms with van der Waals surface area (Å²) in [6, 6.07) is 0. The molecular weight excluding hydrogens is 156 g/mol. The minimum Gasteiger partial charge on any atom is -0.107 e. The van der Waals surface area contributed by atoms with E-state index >= 15 is 0 Å². The Balaban J connectivity index is 3.20. The average molecular weight is 176 g/mol. The summed E-state index contributed by atoms with van der Waals surface area (Å²) < 4.78 is 0. The molecule has 0 rings (SSSR count). The molecule has 0 amide bonds. The number of rotatable bonds is 6. The van der Waals surface area contributed by atoms with E-state index in [1.54, 1.807) is 0 Å². The summed E-state index contributed by atoms with van der Waals surface area (Å²) >= 11 is 0. The highest BCUT2D eigenvalue weighted by Crippen LogP contribution is 1.96. The monoisotopic (exact) mass is 176 g/mol. The Morgan fingerprint density at radius 2 is 1.54 bits per heavy atom. The van der Waals surface area contributed by atoms with Gasteiger partial charge in [0, 0.05) is 6.42 Å². The van der Waals surface area contributed by atoms with E-state index in [0.29, 0.717) is 0 Å². The lowest BCUT2D eigenvalue weighted by atomic mass is 10.2.